The predicted octanol–water partition coefficient (Wildman–Crippen LogP) is 3.94. The molecule has 0 aliphatic rings. The van der Waals surface area contributed by atoms with Crippen LogP contribution in [-0.4, -0.2) is 22.5 Å². The van der Waals surface area contributed by atoms with Crippen molar-refractivity contribution < 1.29 is 9.72 Å². The van der Waals surface area contributed by atoms with Gasteiger partial charge < -0.3 is 5.32 Å². The molecule has 0 aliphatic heterocycles. The van der Waals surface area contributed by atoms with Crippen LogP contribution in [0.15, 0.2) is 42.5 Å². The molecule has 25 heavy (non-hydrogen) atoms. The predicted molar refractivity (Wildman–Crippen MR) is 98.2 cm³/mol. The van der Waals surface area contributed by atoms with Crippen molar-refractivity contribution in [2.24, 2.45) is 0 Å². The van der Waals surface area contributed by atoms with Gasteiger partial charge in [0.15, 0.2) is 5.13 Å². The number of benzene rings is 2. The molecule has 1 aromatic heterocycles. The molecule has 0 unspecified atom stereocenters. The number of anilines is 1. The maximum atomic E-state index is 11.7. The average molecular weight is 356 g/mol. The van der Waals surface area contributed by atoms with Gasteiger partial charge in [0, 0.05) is 19.0 Å². The smallest absolute Gasteiger partial charge is 0.321 e. The fourth-order valence-corrected chi connectivity index (χ4v) is 3.53. The van der Waals surface area contributed by atoms with Crippen LogP contribution in [0.2, 0.25) is 0 Å². The zero-order valence-electron chi connectivity index (χ0n) is 13.5. The maximum Gasteiger partial charge on any atom is 0.321 e. The van der Waals surface area contributed by atoms with Gasteiger partial charge in [0.25, 0.3) is 5.69 Å². The zero-order valence-corrected chi connectivity index (χ0v) is 14.3. The lowest BCUT2D eigenvalue weighted by Gasteiger charge is -2.04. The number of nitro groups is 1. The number of aromatic nitrogens is 1. The second kappa shape index (κ2) is 7.27. The van der Waals surface area contributed by atoms with E-state index in [9.17, 15) is 14.9 Å². The highest BCUT2D eigenvalue weighted by molar-refractivity contribution is 7.22. The van der Waals surface area contributed by atoms with E-state index in [-0.39, 0.29) is 16.6 Å². The largest absolute Gasteiger partial charge is 0.338 e. The summed E-state index contributed by atoms with van der Waals surface area (Å²) in [6.07, 6.45) is 0.428. The number of carbonyl (C=O) groups excluding carboxylic acids is 1. The highest BCUT2D eigenvalue weighted by atomic mass is 32.1. The van der Waals surface area contributed by atoms with Gasteiger partial charge in [-0.05, 0) is 18.6 Å². The Labute approximate surface area is 147 Å². The van der Waals surface area contributed by atoms with E-state index in [1.165, 1.54) is 17.4 Å². The van der Waals surface area contributed by atoms with E-state index in [0.717, 1.165) is 5.56 Å². The summed E-state index contributed by atoms with van der Waals surface area (Å²) in [5.74, 6) is 0. The molecule has 3 rings (SSSR count). The van der Waals surface area contributed by atoms with E-state index in [4.69, 9.17) is 0 Å². The van der Waals surface area contributed by atoms with Crippen LogP contribution >= 0.6 is 11.3 Å². The summed E-state index contributed by atoms with van der Waals surface area (Å²) in [6.45, 7) is 2.32. The Morgan fingerprint density at radius 2 is 2.00 bits per heavy atom. The Hall–Kier alpha value is -3.00. The molecule has 3 aromatic rings. The zero-order chi connectivity index (χ0) is 17.8. The molecule has 0 atom stereocenters. The monoisotopic (exact) mass is 356 g/mol. The van der Waals surface area contributed by atoms with E-state index in [0.29, 0.717) is 33.9 Å². The molecular formula is C17H16N4O3S. The first-order valence-corrected chi connectivity index (χ1v) is 8.55. The summed E-state index contributed by atoms with van der Waals surface area (Å²) in [7, 11) is 0. The number of hydrogen-bond donors (Lipinski definition) is 2. The Morgan fingerprint density at radius 1 is 1.24 bits per heavy atom. The van der Waals surface area contributed by atoms with Crippen LogP contribution in [0.1, 0.15) is 18.1 Å². The van der Waals surface area contributed by atoms with E-state index < -0.39 is 0 Å². The van der Waals surface area contributed by atoms with Gasteiger partial charge in [0.2, 0.25) is 0 Å². The molecule has 2 aromatic carbocycles. The van der Waals surface area contributed by atoms with Gasteiger partial charge in [0.1, 0.15) is 0 Å². The molecule has 0 radical (unpaired) electrons. The summed E-state index contributed by atoms with van der Waals surface area (Å²) in [6, 6.07) is 12.3. The molecule has 0 aliphatic carbocycles. The first-order valence-electron chi connectivity index (χ1n) is 7.74. The van der Waals surface area contributed by atoms with Gasteiger partial charge in [-0.25, -0.2) is 9.78 Å². The molecule has 0 fully saturated rings. The van der Waals surface area contributed by atoms with Crippen molar-refractivity contribution in [1.29, 1.82) is 0 Å². The lowest BCUT2D eigenvalue weighted by Crippen LogP contribution is -2.28. The van der Waals surface area contributed by atoms with Crippen molar-refractivity contribution >= 4 is 38.4 Å². The first kappa shape index (κ1) is 16.8. The van der Waals surface area contributed by atoms with Gasteiger partial charge in [0.05, 0.1) is 20.7 Å². The summed E-state index contributed by atoms with van der Waals surface area (Å²) >= 11 is 1.24. The molecule has 128 valence electrons. The second-order valence-corrected chi connectivity index (χ2v) is 6.33. The van der Waals surface area contributed by atoms with Gasteiger partial charge in [-0.15, -0.1) is 0 Å². The van der Waals surface area contributed by atoms with Crippen LogP contribution in [-0.2, 0) is 6.42 Å². The summed E-state index contributed by atoms with van der Waals surface area (Å²) < 4.78 is 0.713. The van der Waals surface area contributed by atoms with Crippen LogP contribution in [0.3, 0.4) is 0 Å². The molecule has 1 heterocycles. The topological polar surface area (TPSA) is 97.2 Å². The number of amides is 2. The fraction of sp³-hybridized carbons (Fsp3) is 0.176. The fourth-order valence-electron chi connectivity index (χ4n) is 2.53. The molecule has 7 nitrogen and oxygen atoms in total. The van der Waals surface area contributed by atoms with Crippen LogP contribution < -0.4 is 10.6 Å². The number of hydrogen-bond acceptors (Lipinski definition) is 5. The van der Waals surface area contributed by atoms with Crippen LogP contribution in [0.5, 0.6) is 0 Å². The third-order valence-corrected chi connectivity index (χ3v) is 4.66. The molecule has 0 saturated heterocycles. The summed E-state index contributed by atoms with van der Waals surface area (Å²) in [5, 5.41) is 17.1. The number of fused-ring (bicyclic) bond motifs is 1. The molecule has 2 N–H and O–H groups in total. The maximum absolute atomic E-state index is 11.7. The third kappa shape index (κ3) is 3.74. The standard InChI is InChI=1S/C17H16N4O3S/c1-2-18-16(22)20-17-19-13-8-9-14(21(23)24)12(15(13)25-17)10-11-6-4-3-5-7-11/h3-9H,2,10H2,1H3,(H2,18,19,20,22). The van der Waals surface area contributed by atoms with E-state index in [1.807, 2.05) is 37.3 Å². The molecular weight excluding hydrogens is 340 g/mol. The van der Waals surface area contributed by atoms with E-state index in [2.05, 4.69) is 15.6 Å². The Bertz CT molecular complexity index is 924. The number of carbonyl (C=O) groups is 1. The highest BCUT2D eigenvalue weighted by Crippen LogP contribution is 2.35. The van der Waals surface area contributed by atoms with Gasteiger partial charge in [-0.3, -0.25) is 15.4 Å². The van der Waals surface area contributed by atoms with Crippen molar-refractivity contribution in [3.05, 3.63) is 63.7 Å². The Balaban J connectivity index is 2.04. The molecule has 8 heteroatoms. The second-order valence-electron chi connectivity index (χ2n) is 5.33. The lowest BCUT2D eigenvalue weighted by atomic mass is 10.0. The average Bonchev–Trinajstić information content (AvgIpc) is 2.98. The van der Waals surface area contributed by atoms with Crippen molar-refractivity contribution in [3.8, 4) is 0 Å². The van der Waals surface area contributed by atoms with Crippen molar-refractivity contribution in [3.63, 3.8) is 0 Å². The Morgan fingerprint density at radius 3 is 2.68 bits per heavy atom. The highest BCUT2D eigenvalue weighted by Gasteiger charge is 2.20. The van der Waals surface area contributed by atoms with E-state index in [1.54, 1.807) is 6.07 Å². The molecule has 0 bridgehead atoms. The molecule has 2 amide bonds. The van der Waals surface area contributed by atoms with Crippen LogP contribution in [0.4, 0.5) is 15.6 Å². The third-order valence-electron chi connectivity index (χ3n) is 3.61. The lowest BCUT2D eigenvalue weighted by molar-refractivity contribution is -0.385. The minimum Gasteiger partial charge on any atom is -0.338 e. The SMILES string of the molecule is CCNC(=O)Nc1nc2ccc([N+](=O)[O-])c(Cc3ccccc3)c2s1. The minimum absolute atomic E-state index is 0.0598. The summed E-state index contributed by atoms with van der Waals surface area (Å²) in [5.41, 5.74) is 2.28. The van der Waals surface area contributed by atoms with E-state index >= 15 is 0 Å². The van der Waals surface area contributed by atoms with Gasteiger partial charge in [-0.1, -0.05) is 41.7 Å². The Kier molecular flexibility index (Phi) is 4.90. The number of urea groups is 1. The van der Waals surface area contributed by atoms with Crippen molar-refractivity contribution in [1.82, 2.24) is 10.3 Å². The summed E-state index contributed by atoms with van der Waals surface area (Å²) in [4.78, 5) is 27.1. The van der Waals surface area contributed by atoms with Crippen LogP contribution in [0.25, 0.3) is 10.2 Å². The molecule has 0 spiro atoms. The first-order chi connectivity index (χ1) is 12.1. The number of rotatable bonds is 5. The van der Waals surface area contributed by atoms with Crippen LogP contribution in [0, 0.1) is 10.1 Å². The number of nitro benzene ring substituents is 1. The molecule has 0 saturated carbocycles. The number of nitrogens with one attached hydrogen (secondary N) is 2. The van der Waals surface area contributed by atoms with Gasteiger partial charge in [-0.2, -0.15) is 0 Å². The van der Waals surface area contributed by atoms with Crippen molar-refractivity contribution in [2.45, 2.75) is 13.3 Å². The van der Waals surface area contributed by atoms with Crippen molar-refractivity contribution in [2.75, 3.05) is 11.9 Å². The number of thiazole rings is 1. The van der Waals surface area contributed by atoms with Gasteiger partial charge >= 0.3 is 6.03 Å². The normalized spacial score (nSPS) is 10.6. The quantitative estimate of drug-likeness (QED) is 0.534. The number of nitrogens with zero attached hydrogens (tertiary/aromatic N) is 2. The minimum atomic E-state index is -0.381.